The molecule has 0 aromatic heterocycles. The molecule has 1 saturated heterocycles. The highest BCUT2D eigenvalue weighted by molar-refractivity contribution is 7.89. The molecule has 28 heavy (non-hydrogen) atoms. The molecular formula is C20H31N3O4S. The number of carbonyl (C=O) groups excluding carboxylic acids is 2. The van der Waals surface area contributed by atoms with Gasteiger partial charge in [-0.2, -0.15) is 0 Å². The van der Waals surface area contributed by atoms with Gasteiger partial charge in [0.15, 0.2) is 0 Å². The van der Waals surface area contributed by atoms with Crippen molar-refractivity contribution in [1.82, 2.24) is 10.2 Å². The average Bonchev–Trinajstić information content (AvgIpc) is 2.66. The van der Waals surface area contributed by atoms with Crippen LogP contribution in [0.4, 0.5) is 0 Å². The molecule has 1 aromatic rings. The Morgan fingerprint density at radius 2 is 2.00 bits per heavy atom. The Balaban J connectivity index is 2.02. The molecule has 156 valence electrons. The number of nitrogens with one attached hydrogen (secondary N) is 1. The fraction of sp³-hybridized carbons (Fsp3) is 0.600. The van der Waals surface area contributed by atoms with Crippen molar-refractivity contribution < 1.29 is 18.0 Å². The van der Waals surface area contributed by atoms with Gasteiger partial charge in [-0.15, -0.1) is 0 Å². The second-order valence-corrected chi connectivity index (χ2v) is 9.03. The van der Waals surface area contributed by atoms with E-state index in [1.165, 1.54) is 18.6 Å². The molecule has 0 bridgehead atoms. The number of likely N-dealkylation sites (tertiary alicyclic amines) is 1. The van der Waals surface area contributed by atoms with Gasteiger partial charge in [-0.1, -0.05) is 32.3 Å². The van der Waals surface area contributed by atoms with Gasteiger partial charge in [0.1, 0.15) is 0 Å². The molecule has 0 spiro atoms. The lowest BCUT2D eigenvalue weighted by molar-refractivity contribution is -0.126. The zero-order valence-electron chi connectivity index (χ0n) is 16.7. The third-order valence-electron chi connectivity index (χ3n) is 5.18. The molecule has 1 heterocycles. The van der Waals surface area contributed by atoms with E-state index in [4.69, 9.17) is 5.14 Å². The van der Waals surface area contributed by atoms with E-state index in [0.29, 0.717) is 30.8 Å². The summed E-state index contributed by atoms with van der Waals surface area (Å²) in [6.07, 6.45) is 5.88. The molecule has 1 aliphatic heterocycles. The maximum absolute atomic E-state index is 13.0. The second-order valence-electron chi connectivity index (χ2n) is 7.46. The highest BCUT2D eigenvalue weighted by Crippen LogP contribution is 2.22. The summed E-state index contributed by atoms with van der Waals surface area (Å²) >= 11 is 0. The van der Waals surface area contributed by atoms with Crippen LogP contribution in [-0.4, -0.2) is 44.8 Å². The van der Waals surface area contributed by atoms with E-state index in [9.17, 15) is 18.0 Å². The van der Waals surface area contributed by atoms with Crippen molar-refractivity contribution in [2.24, 2.45) is 11.1 Å². The number of aryl methyl sites for hydroxylation is 1. The molecule has 2 amide bonds. The lowest BCUT2D eigenvalue weighted by Gasteiger charge is -2.32. The Hall–Kier alpha value is -1.93. The lowest BCUT2D eigenvalue weighted by Crippen LogP contribution is -2.45. The van der Waals surface area contributed by atoms with Crippen LogP contribution in [0, 0.1) is 12.8 Å². The van der Waals surface area contributed by atoms with Crippen LogP contribution in [0.3, 0.4) is 0 Å². The highest BCUT2D eigenvalue weighted by atomic mass is 32.2. The summed E-state index contributed by atoms with van der Waals surface area (Å²) in [5.41, 5.74) is 0.993. The van der Waals surface area contributed by atoms with Crippen molar-refractivity contribution in [3.63, 3.8) is 0 Å². The molecule has 1 unspecified atom stereocenters. The predicted octanol–water partition coefficient (Wildman–Crippen LogP) is 2.19. The molecule has 0 aliphatic carbocycles. The maximum atomic E-state index is 13.0. The summed E-state index contributed by atoms with van der Waals surface area (Å²) in [7, 11) is -3.88. The summed E-state index contributed by atoms with van der Waals surface area (Å²) < 4.78 is 23.2. The van der Waals surface area contributed by atoms with Crippen LogP contribution in [0.5, 0.6) is 0 Å². The minimum Gasteiger partial charge on any atom is -0.356 e. The van der Waals surface area contributed by atoms with Gasteiger partial charge in [0.25, 0.3) is 5.91 Å². The normalized spacial score (nSPS) is 17.4. The third-order valence-corrected chi connectivity index (χ3v) is 6.09. The first kappa shape index (κ1) is 22.4. The molecule has 8 heteroatoms. The van der Waals surface area contributed by atoms with Crippen LogP contribution in [0.25, 0.3) is 0 Å². The van der Waals surface area contributed by atoms with E-state index in [1.54, 1.807) is 17.9 Å². The Morgan fingerprint density at radius 3 is 2.68 bits per heavy atom. The van der Waals surface area contributed by atoms with Gasteiger partial charge in [0.05, 0.1) is 10.8 Å². The van der Waals surface area contributed by atoms with E-state index in [1.807, 2.05) is 0 Å². The van der Waals surface area contributed by atoms with Crippen LogP contribution in [-0.2, 0) is 14.8 Å². The van der Waals surface area contributed by atoms with E-state index >= 15 is 0 Å². The van der Waals surface area contributed by atoms with Crippen molar-refractivity contribution in [2.75, 3.05) is 19.6 Å². The summed E-state index contributed by atoms with van der Waals surface area (Å²) in [5.74, 6) is -0.502. The van der Waals surface area contributed by atoms with Gasteiger partial charge in [-0.25, -0.2) is 13.6 Å². The molecule has 0 saturated carbocycles. The largest absolute Gasteiger partial charge is 0.356 e. The lowest BCUT2D eigenvalue weighted by atomic mass is 9.96. The maximum Gasteiger partial charge on any atom is 0.254 e. The van der Waals surface area contributed by atoms with Crippen LogP contribution in [0.1, 0.15) is 61.4 Å². The van der Waals surface area contributed by atoms with Gasteiger partial charge < -0.3 is 10.2 Å². The first-order chi connectivity index (χ1) is 13.2. The number of nitrogens with zero attached hydrogens (tertiary/aromatic N) is 1. The van der Waals surface area contributed by atoms with Gasteiger partial charge in [-0.05, 0) is 43.9 Å². The standard InChI is InChI=1S/C20H31N3O4S/c1-3-4-5-6-11-22-19(24)16-8-7-12-23(14-16)20(25)18-13-17(28(21,26)27)10-9-15(18)2/h9-10,13,16H,3-8,11-12,14H2,1-2H3,(H,22,24)(H2,21,26,27). The zero-order valence-corrected chi connectivity index (χ0v) is 17.6. The predicted molar refractivity (Wildman–Crippen MR) is 108 cm³/mol. The Bertz CT molecular complexity index is 808. The zero-order chi connectivity index (χ0) is 20.7. The number of nitrogens with two attached hydrogens (primary N) is 1. The number of hydrogen-bond donors (Lipinski definition) is 2. The van der Waals surface area contributed by atoms with E-state index in [2.05, 4.69) is 12.2 Å². The SMILES string of the molecule is CCCCCCNC(=O)C1CCCN(C(=O)c2cc(S(N)(=O)=O)ccc2C)C1. The van der Waals surface area contributed by atoms with Crippen molar-refractivity contribution in [3.8, 4) is 0 Å². The number of unbranched alkanes of at least 4 members (excludes halogenated alkanes) is 3. The first-order valence-electron chi connectivity index (χ1n) is 9.94. The number of primary sulfonamides is 1. The molecule has 7 nitrogen and oxygen atoms in total. The molecule has 0 radical (unpaired) electrons. The summed E-state index contributed by atoms with van der Waals surface area (Å²) in [6, 6.07) is 4.30. The molecule has 2 rings (SSSR count). The molecule has 1 aromatic carbocycles. The molecular weight excluding hydrogens is 378 g/mol. The molecule has 3 N–H and O–H groups in total. The number of benzene rings is 1. The fourth-order valence-corrected chi connectivity index (χ4v) is 4.00. The summed E-state index contributed by atoms with van der Waals surface area (Å²) in [6.45, 7) is 5.47. The molecule has 1 aliphatic rings. The minimum atomic E-state index is -3.88. The van der Waals surface area contributed by atoms with Crippen molar-refractivity contribution in [1.29, 1.82) is 0 Å². The number of hydrogen-bond acceptors (Lipinski definition) is 4. The quantitative estimate of drug-likeness (QED) is 0.641. The van der Waals surface area contributed by atoms with E-state index in [0.717, 1.165) is 32.1 Å². The first-order valence-corrected chi connectivity index (χ1v) is 11.5. The van der Waals surface area contributed by atoms with Crippen LogP contribution < -0.4 is 10.5 Å². The topological polar surface area (TPSA) is 110 Å². The summed E-state index contributed by atoms with van der Waals surface area (Å²) in [5, 5.41) is 8.17. The van der Waals surface area contributed by atoms with Crippen LogP contribution in [0.15, 0.2) is 23.1 Å². The van der Waals surface area contributed by atoms with E-state index in [-0.39, 0.29) is 22.6 Å². The smallest absolute Gasteiger partial charge is 0.254 e. The summed E-state index contributed by atoms with van der Waals surface area (Å²) in [4.78, 5) is 27.0. The van der Waals surface area contributed by atoms with Gasteiger partial charge in [0.2, 0.25) is 15.9 Å². The minimum absolute atomic E-state index is 0.0102. The van der Waals surface area contributed by atoms with Crippen molar-refractivity contribution in [2.45, 2.75) is 57.3 Å². The van der Waals surface area contributed by atoms with Gasteiger partial charge >= 0.3 is 0 Å². The number of piperidine rings is 1. The Morgan fingerprint density at radius 1 is 1.25 bits per heavy atom. The van der Waals surface area contributed by atoms with Gasteiger partial charge in [0, 0.05) is 25.2 Å². The average molecular weight is 410 g/mol. The molecule has 1 fully saturated rings. The third kappa shape index (κ3) is 6.04. The number of rotatable bonds is 8. The number of carbonyl (C=O) groups is 2. The number of amides is 2. The second kappa shape index (κ2) is 10.0. The van der Waals surface area contributed by atoms with Crippen LogP contribution >= 0.6 is 0 Å². The van der Waals surface area contributed by atoms with Crippen molar-refractivity contribution >= 4 is 21.8 Å². The van der Waals surface area contributed by atoms with Gasteiger partial charge in [-0.3, -0.25) is 9.59 Å². The van der Waals surface area contributed by atoms with E-state index < -0.39 is 10.0 Å². The monoisotopic (exact) mass is 409 g/mol. The van der Waals surface area contributed by atoms with Crippen molar-refractivity contribution in [3.05, 3.63) is 29.3 Å². The van der Waals surface area contributed by atoms with Crippen LogP contribution in [0.2, 0.25) is 0 Å². The Labute approximate surface area is 167 Å². The fourth-order valence-electron chi connectivity index (χ4n) is 3.46. The number of sulfonamides is 1. The highest BCUT2D eigenvalue weighted by Gasteiger charge is 2.29. The Kier molecular flexibility index (Phi) is 8.00. The molecule has 1 atom stereocenters.